The average molecular weight is 315 g/mol. The van der Waals surface area contributed by atoms with E-state index in [1.165, 1.54) is 17.4 Å². The molecule has 0 fully saturated rings. The molecule has 1 heterocycles. The van der Waals surface area contributed by atoms with Crippen LogP contribution in [0.1, 0.15) is 17.4 Å². The van der Waals surface area contributed by atoms with E-state index in [0.717, 1.165) is 22.5 Å². The number of nitrogens with one attached hydrogen (secondary N) is 1. The lowest BCUT2D eigenvalue weighted by atomic mass is 10.1. The molecule has 2 rings (SSSR count). The Labute approximate surface area is 133 Å². The van der Waals surface area contributed by atoms with Gasteiger partial charge >= 0.3 is 5.97 Å². The van der Waals surface area contributed by atoms with Gasteiger partial charge in [-0.3, -0.25) is 4.79 Å². The zero-order valence-electron chi connectivity index (χ0n) is 12.2. The van der Waals surface area contributed by atoms with Crippen LogP contribution in [0.15, 0.2) is 47.9 Å². The summed E-state index contributed by atoms with van der Waals surface area (Å²) in [6, 6.07) is 11.3. The van der Waals surface area contributed by atoms with Crippen LogP contribution in [0.3, 0.4) is 0 Å². The Balaban J connectivity index is 1.81. The van der Waals surface area contributed by atoms with Gasteiger partial charge in [-0.25, -0.2) is 4.79 Å². The predicted molar refractivity (Wildman–Crippen MR) is 88.8 cm³/mol. The standard InChI is InChI=1S/C17H17NO3S/c1-2-13-6-3-4-8-15(13)18-16(19)12-21-17(20)10-9-14-7-5-11-22-14/h3-11H,2,12H2,1H3,(H,18,19)/b10-9+. The van der Waals surface area contributed by atoms with E-state index in [9.17, 15) is 9.59 Å². The first-order valence-corrected chi connectivity index (χ1v) is 7.83. The van der Waals surface area contributed by atoms with Gasteiger partial charge in [0.25, 0.3) is 5.91 Å². The fraction of sp³-hybridized carbons (Fsp3) is 0.176. The van der Waals surface area contributed by atoms with Gasteiger partial charge in [0.2, 0.25) is 0 Å². The Hall–Kier alpha value is -2.40. The predicted octanol–water partition coefficient (Wildman–Crippen LogP) is 3.51. The molecule has 5 heteroatoms. The van der Waals surface area contributed by atoms with E-state index in [1.807, 2.05) is 48.7 Å². The van der Waals surface area contributed by atoms with E-state index in [0.29, 0.717) is 0 Å². The molecule has 0 saturated carbocycles. The third-order valence-electron chi connectivity index (χ3n) is 2.94. The van der Waals surface area contributed by atoms with Gasteiger partial charge < -0.3 is 10.1 Å². The van der Waals surface area contributed by atoms with Gasteiger partial charge in [-0.1, -0.05) is 31.2 Å². The van der Waals surface area contributed by atoms with Crippen molar-refractivity contribution in [3.05, 3.63) is 58.3 Å². The van der Waals surface area contributed by atoms with Crippen LogP contribution in [0.25, 0.3) is 6.08 Å². The molecule has 0 aliphatic heterocycles. The summed E-state index contributed by atoms with van der Waals surface area (Å²) in [5.41, 5.74) is 1.79. The molecule has 1 aromatic carbocycles. The van der Waals surface area contributed by atoms with Crippen molar-refractivity contribution in [1.82, 2.24) is 0 Å². The molecule has 1 N–H and O–H groups in total. The first-order valence-electron chi connectivity index (χ1n) is 6.95. The number of benzene rings is 1. The van der Waals surface area contributed by atoms with Gasteiger partial charge in [0.1, 0.15) is 0 Å². The molecule has 4 nitrogen and oxygen atoms in total. The molecule has 0 radical (unpaired) electrons. The van der Waals surface area contributed by atoms with E-state index < -0.39 is 5.97 Å². The molecule has 0 aliphatic carbocycles. The molecule has 1 amide bonds. The molecule has 2 aromatic rings. The maximum absolute atomic E-state index is 11.8. The van der Waals surface area contributed by atoms with Crippen LogP contribution in [0.4, 0.5) is 5.69 Å². The summed E-state index contributed by atoms with van der Waals surface area (Å²) in [5, 5.41) is 4.67. The van der Waals surface area contributed by atoms with Crippen LogP contribution >= 0.6 is 11.3 Å². The van der Waals surface area contributed by atoms with Gasteiger partial charge in [0.15, 0.2) is 6.61 Å². The van der Waals surface area contributed by atoms with Crippen LogP contribution in [0.5, 0.6) is 0 Å². The third-order valence-corrected chi connectivity index (χ3v) is 3.78. The highest BCUT2D eigenvalue weighted by Gasteiger charge is 2.07. The number of carbonyl (C=O) groups is 2. The number of anilines is 1. The first-order chi connectivity index (χ1) is 10.7. The van der Waals surface area contributed by atoms with Crippen molar-refractivity contribution in [2.45, 2.75) is 13.3 Å². The molecular formula is C17H17NO3S. The number of esters is 1. The summed E-state index contributed by atoms with van der Waals surface area (Å²) in [7, 11) is 0. The lowest BCUT2D eigenvalue weighted by Crippen LogP contribution is -2.20. The lowest BCUT2D eigenvalue weighted by molar-refractivity contribution is -0.142. The van der Waals surface area contributed by atoms with Gasteiger partial charge in [-0.05, 0) is 35.6 Å². The molecule has 0 saturated heterocycles. The van der Waals surface area contributed by atoms with Crippen LogP contribution in [-0.4, -0.2) is 18.5 Å². The maximum atomic E-state index is 11.8. The summed E-state index contributed by atoms with van der Waals surface area (Å²) < 4.78 is 4.91. The molecule has 1 aromatic heterocycles. The fourth-order valence-electron chi connectivity index (χ4n) is 1.86. The molecular weight excluding hydrogens is 298 g/mol. The minimum atomic E-state index is -0.535. The van der Waals surface area contributed by atoms with Crippen molar-refractivity contribution in [2.24, 2.45) is 0 Å². The number of hydrogen-bond donors (Lipinski definition) is 1. The number of thiophene rings is 1. The first kappa shape index (κ1) is 16.0. The number of ether oxygens (including phenoxy) is 1. The summed E-state index contributed by atoms with van der Waals surface area (Å²) in [5.74, 6) is -0.883. The van der Waals surface area contributed by atoms with E-state index in [-0.39, 0.29) is 12.5 Å². The second kappa shape index (κ2) is 8.14. The lowest BCUT2D eigenvalue weighted by Gasteiger charge is -2.09. The van der Waals surface area contributed by atoms with E-state index >= 15 is 0 Å². The van der Waals surface area contributed by atoms with Crippen LogP contribution in [0.2, 0.25) is 0 Å². The quantitative estimate of drug-likeness (QED) is 0.655. The normalized spacial score (nSPS) is 10.6. The van der Waals surface area contributed by atoms with Gasteiger partial charge in [0.05, 0.1) is 0 Å². The number of rotatable bonds is 6. The number of amides is 1. The Morgan fingerprint density at radius 1 is 1.23 bits per heavy atom. The van der Waals surface area contributed by atoms with E-state index in [4.69, 9.17) is 4.74 Å². The van der Waals surface area contributed by atoms with Crippen LogP contribution in [-0.2, 0) is 20.7 Å². The van der Waals surface area contributed by atoms with Crippen LogP contribution < -0.4 is 5.32 Å². The highest BCUT2D eigenvalue weighted by molar-refractivity contribution is 7.10. The summed E-state index contributed by atoms with van der Waals surface area (Å²) >= 11 is 1.52. The molecule has 0 aliphatic rings. The SMILES string of the molecule is CCc1ccccc1NC(=O)COC(=O)/C=C/c1cccs1. The van der Waals surface area contributed by atoms with Crippen LogP contribution in [0, 0.1) is 0 Å². The zero-order chi connectivity index (χ0) is 15.8. The smallest absolute Gasteiger partial charge is 0.331 e. The Morgan fingerprint density at radius 3 is 2.77 bits per heavy atom. The van der Waals surface area contributed by atoms with Crippen molar-refractivity contribution in [3.8, 4) is 0 Å². The van der Waals surface area contributed by atoms with Gasteiger partial charge in [-0.2, -0.15) is 0 Å². The highest BCUT2D eigenvalue weighted by Crippen LogP contribution is 2.15. The molecule has 0 bridgehead atoms. The Kier molecular flexibility index (Phi) is 5.91. The highest BCUT2D eigenvalue weighted by atomic mass is 32.1. The topological polar surface area (TPSA) is 55.4 Å². The third kappa shape index (κ3) is 4.86. The Morgan fingerprint density at radius 2 is 2.05 bits per heavy atom. The second-order valence-electron chi connectivity index (χ2n) is 4.52. The minimum Gasteiger partial charge on any atom is -0.452 e. The summed E-state index contributed by atoms with van der Waals surface area (Å²) in [4.78, 5) is 24.3. The zero-order valence-corrected chi connectivity index (χ0v) is 13.1. The monoisotopic (exact) mass is 315 g/mol. The molecule has 0 atom stereocenters. The molecule has 0 spiro atoms. The second-order valence-corrected chi connectivity index (χ2v) is 5.49. The van der Waals surface area contributed by atoms with Crippen molar-refractivity contribution >= 4 is 35.0 Å². The van der Waals surface area contributed by atoms with Gasteiger partial charge in [0, 0.05) is 16.6 Å². The number of hydrogen-bond acceptors (Lipinski definition) is 4. The van der Waals surface area contributed by atoms with Crippen molar-refractivity contribution in [2.75, 3.05) is 11.9 Å². The number of para-hydroxylation sites is 1. The molecule has 0 unspecified atom stereocenters. The van der Waals surface area contributed by atoms with Gasteiger partial charge in [-0.15, -0.1) is 11.3 Å². The van der Waals surface area contributed by atoms with E-state index in [1.54, 1.807) is 6.08 Å². The largest absolute Gasteiger partial charge is 0.452 e. The minimum absolute atomic E-state index is 0.300. The summed E-state index contributed by atoms with van der Waals surface area (Å²) in [6.45, 7) is 1.71. The molecule has 114 valence electrons. The summed E-state index contributed by atoms with van der Waals surface area (Å²) in [6.07, 6.45) is 3.80. The maximum Gasteiger partial charge on any atom is 0.331 e. The fourth-order valence-corrected chi connectivity index (χ4v) is 2.48. The van der Waals surface area contributed by atoms with Crippen molar-refractivity contribution in [1.29, 1.82) is 0 Å². The van der Waals surface area contributed by atoms with Crippen molar-refractivity contribution < 1.29 is 14.3 Å². The average Bonchev–Trinajstić information content (AvgIpc) is 3.05. The van der Waals surface area contributed by atoms with Crippen molar-refractivity contribution in [3.63, 3.8) is 0 Å². The Bertz CT molecular complexity index is 662. The number of aryl methyl sites for hydroxylation is 1. The number of carbonyl (C=O) groups excluding carboxylic acids is 2. The van der Waals surface area contributed by atoms with E-state index in [2.05, 4.69) is 5.32 Å². The molecule has 22 heavy (non-hydrogen) atoms.